The zero-order valence-electron chi connectivity index (χ0n) is 9.77. The third kappa shape index (κ3) is 2.87. The quantitative estimate of drug-likeness (QED) is 0.609. The SMILES string of the molecule is COc1cc(OC)c(NC(=O)C=O)c(OC)c1. The lowest BCUT2D eigenvalue weighted by molar-refractivity contribution is -0.127. The van der Waals surface area contributed by atoms with Gasteiger partial charge in [-0.15, -0.1) is 0 Å². The Morgan fingerprint density at radius 1 is 1.12 bits per heavy atom. The first-order valence-corrected chi connectivity index (χ1v) is 4.72. The fourth-order valence-electron chi connectivity index (χ4n) is 1.28. The molecule has 0 aliphatic heterocycles. The van der Waals surface area contributed by atoms with Gasteiger partial charge in [0.05, 0.1) is 21.3 Å². The second-order valence-corrected chi connectivity index (χ2v) is 3.01. The molecule has 1 rings (SSSR count). The van der Waals surface area contributed by atoms with Gasteiger partial charge in [-0.25, -0.2) is 0 Å². The first-order valence-electron chi connectivity index (χ1n) is 4.72. The Morgan fingerprint density at radius 2 is 1.65 bits per heavy atom. The highest BCUT2D eigenvalue weighted by atomic mass is 16.5. The van der Waals surface area contributed by atoms with E-state index in [-0.39, 0.29) is 12.0 Å². The van der Waals surface area contributed by atoms with Crippen molar-refractivity contribution in [3.8, 4) is 17.2 Å². The number of hydrogen-bond acceptors (Lipinski definition) is 5. The van der Waals surface area contributed by atoms with Crippen molar-refractivity contribution in [2.45, 2.75) is 0 Å². The molecule has 6 heteroatoms. The minimum atomic E-state index is -0.785. The van der Waals surface area contributed by atoms with Gasteiger partial charge in [-0.2, -0.15) is 0 Å². The predicted molar refractivity (Wildman–Crippen MR) is 60.8 cm³/mol. The van der Waals surface area contributed by atoms with Crippen LogP contribution in [0.2, 0.25) is 0 Å². The molecule has 1 amide bonds. The third-order valence-corrected chi connectivity index (χ3v) is 2.07. The van der Waals surface area contributed by atoms with Crippen LogP contribution in [0, 0.1) is 0 Å². The number of carbonyl (C=O) groups is 2. The summed E-state index contributed by atoms with van der Waals surface area (Å²) in [5, 5.41) is 2.37. The molecule has 0 fully saturated rings. The second-order valence-electron chi connectivity index (χ2n) is 3.01. The van der Waals surface area contributed by atoms with Crippen molar-refractivity contribution in [3.63, 3.8) is 0 Å². The largest absolute Gasteiger partial charge is 0.496 e. The molecule has 0 unspecified atom stereocenters. The number of rotatable bonds is 5. The van der Waals surface area contributed by atoms with Gasteiger partial charge in [-0.3, -0.25) is 9.59 Å². The van der Waals surface area contributed by atoms with Crippen LogP contribution in [0.1, 0.15) is 0 Å². The number of aldehydes is 1. The normalized spacial score (nSPS) is 9.35. The molecule has 0 saturated heterocycles. The van der Waals surface area contributed by atoms with Crippen molar-refractivity contribution in [1.29, 1.82) is 0 Å². The summed E-state index contributed by atoms with van der Waals surface area (Å²) in [4.78, 5) is 21.4. The third-order valence-electron chi connectivity index (χ3n) is 2.07. The molecular formula is C11H13NO5. The van der Waals surface area contributed by atoms with Crippen LogP contribution in [-0.2, 0) is 9.59 Å². The minimum Gasteiger partial charge on any atom is -0.496 e. The van der Waals surface area contributed by atoms with Gasteiger partial charge in [0, 0.05) is 12.1 Å². The van der Waals surface area contributed by atoms with Crippen molar-refractivity contribution < 1.29 is 23.8 Å². The van der Waals surface area contributed by atoms with Crippen LogP contribution >= 0.6 is 0 Å². The maximum absolute atomic E-state index is 11.1. The van der Waals surface area contributed by atoms with Crippen LogP contribution in [0.25, 0.3) is 0 Å². The molecule has 92 valence electrons. The van der Waals surface area contributed by atoms with Crippen LogP contribution in [0.4, 0.5) is 5.69 Å². The summed E-state index contributed by atoms with van der Waals surface area (Å²) in [5.41, 5.74) is 0.285. The summed E-state index contributed by atoms with van der Waals surface area (Å²) in [5.74, 6) is 0.419. The lowest BCUT2D eigenvalue weighted by Gasteiger charge is -2.14. The number of anilines is 1. The van der Waals surface area contributed by atoms with Crippen LogP contribution in [0.5, 0.6) is 17.2 Å². The summed E-state index contributed by atoms with van der Waals surface area (Å²) < 4.78 is 15.2. The second kappa shape index (κ2) is 5.74. The van der Waals surface area contributed by atoms with Gasteiger partial charge in [0.25, 0.3) is 5.91 Å². The number of benzene rings is 1. The molecule has 1 aromatic carbocycles. The molecule has 0 spiro atoms. The van der Waals surface area contributed by atoms with E-state index in [4.69, 9.17) is 14.2 Å². The van der Waals surface area contributed by atoms with E-state index in [1.807, 2.05) is 0 Å². The van der Waals surface area contributed by atoms with Gasteiger partial charge < -0.3 is 19.5 Å². The van der Waals surface area contributed by atoms with E-state index >= 15 is 0 Å². The average Bonchev–Trinajstić information content (AvgIpc) is 2.38. The first kappa shape index (κ1) is 12.8. The number of ether oxygens (including phenoxy) is 3. The molecule has 1 N–H and O–H groups in total. The van der Waals surface area contributed by atoms with Crippen LogP contribution in [0.15, 0.2) is 12.1 Å². The Kier molecular flexibility index (Phi) is 4.33. The monoisotopic (exact) mass is 239 g/mol. The van der Waals surface area contributed by atoms with Crippen molar-refractivity contribution >= 4 is 17.9 Å². The Morgan fingerprint density at radius 3 is 2.00 bits per heavy atom. The van der Waals surface area contributed by atoms with E-state index in [2.05, 4.69) is 5.32 Å². The van der Waals surface area contributed by atoms with Crippen molar-refractivity contribution in [3.05, 3.63) is 12.1 Å². The summed E-state index contributed by atoms with van der Waals surface area (Å²) in [6.45, 7) is 0. The highest BCUT2D eigenvalue weighted by Gasteiger charge is 2.15. The topological polar surface area (TPSA) is 73.9 Å². The smallest absolute Gasteiger partial charge is 0.288 e. The number of amides is 1. The van der Waals surface area contributed by atoms with E-state index in [1.54, 1.807) is 12.1 Å². The Labute approximate surface area is 98.5 Å². The van der Waals surface area contributed by atoms with E-state index in [0.29, 0.717) is 17.2 Å². The number of methoxy groups -OCH3 is 3. The Balaban J connectivity index is 3.23. The van der Waals surface area contributed by atoms with Gasteiger partial charge in [0.1, 0.15) is 22.9 Å². The van der Waals surface area contributed by atoms with Gasteiger partial charge in [-0.05, 0) is 0 Å². The molecule has 0 radical (unpaired) electrons. The lowest BCUT2D eigenvalue weighted by Crippen LogP contribution is -2.14. The van der Waals surface area contributed by atoms with Gasteiger partial charge in [-0.1, -0.05) is 0 Å². The van der Waals surface area contributed by atoms with Crippen LogP contribution in [0.3, 0.4) is 0 Å². The highest BCUT2D eigenvalue weighted by molar-refractivity contribution is 6.30. The van der Waals surface area contributed by atoms with Crippen LogP contribution in [-0.4, -0.2) is 33.5 Å². The Bertz CT molecular complexity index is 405. The first-order chi connectivity index (χ1) is 8.15. The van der Waals surface area contributed by atoms with E-state index < -0.39 is 5.91 Å². The molecule has 0 aromatic heterocycles. The fourth-order valence-corrected chi connectivity index (χ4v) is 1.28. The zero-order chi connectivity index (χ0) is 12.8. The maximum Gasteiger partial charge on any atom is 0.288 e. The maximum atomic E-state index is 11.1. The summed E-state index contributed by atoms with van der Waals surface area (Å²) >= 11 is 0. The van der Waals surface area contributed by atoms with Gasteiger partial charge in [0.15, 0.2) is 0 Å². The molecule has 0 aliphatic rings. The molecule has 17 heavy (non-hydrogen) atoms. The number of nitrogens with one attached hydrogen (secondary N) is 1. The predicted octanol–water partition coefficient (Wildman–Crippen LogP) is 0.850. The minimum absolute atomic E-state index is 0.170. The molecule has 0 heterocycles. The summed E-state index contributed by atoms with van der Waals surface area (Å²) in [6.07, 6.45) is 0.170. The fraction of sp³-hybridized carbons (Fsp3) is 0.273. The molecule has 0 saturated carbocycles. The molecule has 0 bridgehead atoms. The molecule has 0 atom stereocenters. The standard InChI is InChI=1S/C11H13NO5/c1-15-7-4-8(16-2)11(9(5-7)17-3)12-10(14)6-13/h4-6H,1-3H3,(H,12,14). The van der Waals surface area contributed by atoms with Crippen molar-refractivity contribution in [1.82, 2.24) is 0 Å². The van der Waals surface area contributed by atoms with E-state index in [9.17, 15) is 9.59 Å². The Hall–Kier alpha value is -2.24. The van der Waals surface area contributed by atoms with E-state index in [1.165, 1.54) is 21.3 Å². The molecule has 1 aromatic rings. The average molecular weight is 239 g/mol. The number of hydrogen-bond donors (Lipinski definition) is 1. The van der Waals surface area contributed by atoms with Crippen molar-refractivity contribution in [2.24, 2.45) is 0 Å². The molecule has 0 aliphatic carbocycles. The zero-order valence-corrected chi connectivity index (χ0v) is 9.77. The van der Waals surface area contributed by atoms with Gasteiger partial charge >= 0.3 is 0 Å². The van der Waals surface area contributed by atoms with Crippen LogP contribution < -0.4 is 19.5 Å². The number of carbonyl (C=O) groups excluding carboxylic acids is 2. The molecular weight excluding hydrogens is 226 g/mol. The van der Waals surface area contributed by atoms with Crippen molar-refractivity contribution in [2.75, 3.05) is 26.6 Å². The lowest BCUT2D eigenvalue weighted by atomic mass is 10.2. The van der Waals surface area contributed by atoms with Gasteiger partial charge in [0.2, 0.25) is 6.29 Å². The molecule has 6 nitrogen and oxygen atoms in total. The summed E-state index contributed by atoms with van der Waals surface area (Å²) in [6, 6.07) is 3.14. The van der Waals surface area contributed by atoms with E-state index in [0.717, 1.165) is 0 Å². The highest BCUT2D eigenvalue weighted by Crippen LogP contribution is 2.38. The summed E-state index contributed by atoms with van der Waals surface area (Å²) in [7, 11) is 4.37.